The molecular weight excluding hydrogens is 487 g/mol. The van der Waals surface area contributed by atoms with E-state index in [0.29, 0.717) is 59.4 Å². The molecule has 1 saturated heterocycles. The van der Waals surface area contributed by atoms with Crippen LogP contribution in [0.4, 0.5) is 17.6 Å². The molecule has 1 aliphatic heterocycles. The third-order valence-electron chi connectivity index (χ3n) is 5.82. The van der Waals surface area contributed by atoms with Crippen molar-refractivity contribution >= 4 is 52.5 Å². The maximum atomic E-state index is 12.8. The van der Waals surface area contributed by atoms with Gasteiger partial charge >= 0.3 is 0 Å². The van der Waals surface area contributed by atoms with E-state index in [1.54, 1.807) is 37.4 Å². The highest BCUT2D eigenvalue weighted by Crippen LogP contribution is 2.26. The Bertz CT molecular complexity index is 1220. The summed E-state index contributed by atoms with van der Waals surface area (Å²) in [5.74, 6) is 1.71. The zero-order valence-electron chi connectivity index (χ0n) is 19.6. The zero-order chi connectivity index (χ0) is 24.9. The van der Waals surface area contributed by atoms with Gasteiger partial charge in [-0.2, -0.15) is 4.98 Å². The number of benzene rings is 1. The van der Waals surface area contributed by atoms with E-state index in [1.807, 2.05) is 24.0 Å². The van der Waals surface area contributed by atoms with Gasteiger partial charge in [-0.1, -0.05) is 36.2 Å². The molecule has 4 rings (SSSR count). The number of Topliss-reactive ketones (excluding diaryl/α,β-unsaturated/α-hetero) is 1. The molecule has 0 atom stereocenters. The van der Waals surface area contributed by atoms with Crippen LogP contribution in [-0.2, 0) is 17.6 Å². The van der Waals surface area contributed by atoms with Crippen LogP contribution >= 0.6 is 23.2 Å². The number of hydrogen-bond donors (Lipinski definition) is 1. The van der Waals surface area contributed by atoms with Crippen LogP contribution in [0, 0.1) is 0 Å². The molecule has 1 fully saturated rings. The molecule has 0 spiro atoms. The number of nitrogens with one attached hydrogen (secondary N) is 1. The van der Waals surface area contributed by atoms with E-state index < -0.39 is 0 Å². The second kappa shape index (κ2) is 11.0. The third kappa shape index (κ3) is 6.07. The molecule has 0 aliphatic carbocycles. The second-order valence-electron chi connectivity index (χ2n) is 8.26. The molecule has 35 heavy (non-hydrogen) atoms. The standard InChI is InChI=1S/C25H26Cl2N6O2/c1-3-18-15-23(31-25(29-18)33-11-9-32(10-12-33)16(2)34)30-22-14-17(7-8-28-22)13-21(35)24-19(26)5-4-6-20(24)27/h4-8,14-15H,3,9-13H2,1-2H3,(H,28,29,30,31). The Morgan fingerprint density at radius 1 is 1.00 bits per heavy atom. The molecule has 1 N–H and O–H groups in total. The van der Waals surface area contributed by atoms with Gasteiger partial charge in [0.25, 0.3) is 0 Å². The second-order valence-corrected chi connectivity index (χ2v) is 9.08. The van der Waals surface area contributed by atoms with Crippen LogP contribution in [0.5, 0.6) is 0 Å². The fourth-order valence-electron chi connectivity index (χ4n) is 3.91. The van der Waals surface area contributed by atoms with Crippen molar-refractivity contribution in [1.82, 2.24) is 19.9 Å². The van der Waals surface area contributed by atoms with Crippen molar-refractivity contribution in [3.63, 3.8) is 0 Å². The van der Waals surface area contributed by atoms with Crippen LogP contribution in [0.15, 0.2) is 42.6 Å². The van der Waals surface area contributed by atoms with E-state index >= 15 is 0 Å². The number of pyridine rings is 1. The van der Waals surface area contributed by atoms with Gasteiger partial charge in [-0.15, -0.1) is 0 Å². The van der Waals surface area contributed by atoms with E-state index in [4.69, 9.17) is 28.2 Å². The summed E-state index contributed by atoms with van der Waals surface area (Å²) in [4.78, 5) is 42.1. The first-order chi connectivity index (χ1) is 16.8. The average molecular weight is 513 g/mol. The summed E-state index contributed by atoms with van der Waals surface area (Å²) in [6, 6.07) is 10.5. The minimum absolute atomic E-state index is 0.0801. The van der Waals surface area contributed by atoms with Crippen LogP contribution < -0.4 is 10.2 Å². The highest BCUT2D eigenvalue weighted by molar-refractivity contribution is 6.39. The maximum absolute atomic E-state index is 12.8. The number of rotatable bonds is 7. The Balaban J connectivity index is 1.50. The monoisotopic (exact) mass is 512 g/mol. The lowest BCUT2D eigenvalue weighted by molar-refractivity contribution is -0.129. The molecule has 3 heterocycles. The number of nitrogens with zero attached hydrogens (tertiary/aromatic N) is 5. The number of anilines is 3. The number of amides is 1. The lowest BCUT2D eigenvalue weighted by Crippen LogP contribution is -2.48. The van der Waals surface area contributed by atoms with E-state index in [0.717, 1.165) is 17.7 Å². The molecule has 1 amide bonds. The first-order valence-electron chi connectivity index (χ1n) is 11.4. The summed E-state index contributed by atoms with van der Waals surface area (Å²) in [5.41, 5.74) is 1.99. The Labute approximate surface area is 214 Å². The molecule has 1 aliphatic rings. The molecule has 0 saturated carbocycles. The van der Waals surface area contributed by atoms with Crippen molar-refractivity contribution < 1.29 is 9.59 Å². The molecular formula is C25H26Cl2N6O2. The first-order valence-corrected chi connectivity index (χ1v) is 12.2. The Kier molecular flexibility index (Phi) is 7.83. The predicted molar refractivity (Wildman–Crippen MR) is 138 cm³/mol. The van der Waals surface area contributed by atoms with Gasteiger partial charge in [-0.05, 0) is 36.2 Å². The van der Waals surface area contributed by atoms with Crippen molar-refractivity contribution in [1.29, 1.82) is 0 Å². The maximum Gasteiger partial charge on any atom is 0.227 e. The summed E-state index contributed by atoms with van der Waals surface area (Å²) in [6.45, 7) is 6.26. The summed E-state index contributed by atoms with van der Waals surface area (Å²) < 4.78 is 0. The van der Waals surface area contributed by atoms with E-state index in [1.165, 1.54) is 0 Å². The van der Waals surface area contributed by atoms with Gasteiger partial charge in [0.2, 0.25) is 11.9 Å². The highest BCUT2D eigenvalue weighted by Gasteiger charge is 2.21. The number of aryl methyl sites for hydroxylation is 1. The normalized spacial score (nSPS) is 13.6. The SMILES string of the molecule is CCc1cc(Nc2cc(CC(=O)c3c(Cl)cccc3Cl)ccn2)nc(N2CCN(C(C)=O)CC2)n1. The summed E-state index contributed by atoms with van der Waals surface area (Å²) in [5, 5.41) is 3.91. The molecule has 1 aromatic carbocycles. The van der Waals surface area contributed by atoms with Crippen LogP contribution in [-0.4, -0.2) is 57.7 Å². The van der Waals surface area contributed by atoms with Crippen LogP contribution in [0.1, 0.15) is 35.5 Å². The van der Waals surface area contributed by atoms with Gasteiger partial charge in [-0.3, -0.25) is 9.59 Å². The Hall–Kier alpha value is -3.23. The third-order valence-corrected chi connectivity index (χ3v) is 6.45. The minimum atomic E-state index is -0.167. The number of piperazine rings is 1. The van der Waals surface area contributed by atoms with Gasteiger partial charge < -0.3 is 15.1 Å². The fourth-order valence-corrected chi connectivity index (χ4v) is 4.52. The number of halogens is 2. The van der Waals surface area contributed by atoms with Gasteiger partial charge in [0.15, 0.2) is 5.78 Å². The Morgan fingerprint density at radius 3 is 2.37 bits per heavy atom. The van der Waals surface area contributed by atoms with Crippen molar-refractivity contribution in [3.8, 4) is 0 Å². The fraction of sp³-hybridized carbons (Fsp3) is 0.320. The smallest absolute Gasteiger partial charge is 0.227 e. The molecule has 182 valence electrons. The van der Waals surface area contributed by atoms with Crippen LogP contribution in [0.2, 0.25) is 10.0 Å². The predicted octanol–water partition coefficient (Wildman–Crippen LogP) is 4.58. The van der Waals surface area contributed by atoms with Gasteiger partial charge in [0.05, 0.1) is 15.6 Å². The summed E-state index contributed by atoms with van der Waals surface area (Å²) >= 11 is 12.4. The van der Waals surface area contributed by atoms with E-state index in [-0.39, 0.29) is 18.1 Å². The number of ketones is 1. The molecule has 0 bridgehead atoms. The minimum Gasteiger partial charge on any atom is -0.339 e. The largest absolute Gasteiger partial charge is 0.339 e. The van der Waals surface area contributed by atoms with Crippen molar-refractivity contribution in [2.75, 3.05) is 36.4 Å². The lowest BCUT2D eigenvalue weighted by atomic mass is 10.0. The van der Waals surface area contributed by atoms with Gasteiger partial charge in [-0.25, -0.2) is 9.97 Å². The van der Waals surface area contributed by atoms with E-state index in [9.17, 15) is 9.59 Å². The average Bonchev–Trinajstić information content (AvgIpc) is 2.84. The summed E-state index contributed by atoms with van der Waals surface area (Å²) in [7, 11) is 0. The molecule has 10 heteroatoms. The molecule has 8 nitrogen and oxygen atoms in total. The van der Waals surface area contributed by atoms with Crippen molar-refractivity contribution in [3.05, 3.63) is 69.5 Å². The number of aromatic nitrogens is 3. The van der Waals surface area contributed by atoms with Crippen LogP contribution in [0.3, 0.4) is 0 Å². The molecule has 3 aromatic rings. The highest BCUT2D eigenvalue weighted by atomic mass is 35.5. The Morgan fingerprint density at radius 2 is 1.71 bits per heavy atom. The van der Waals surface area contributed by atoms with Gasteiger partial charge in [0, 0.05) is 57.5 Å². The molecule has 0 unspecified atom stereocenters. The van der Waals surface area contributed by atoms with Crippen molar-refractivity contribution in [2.45, 2.75) is 26.7 Å². The number of carbonyl (C=O) groups excluding carboxylic acids is 2. The first kappa shape index (κ1) is 24.9. The quantitative estimate of drug-likeness (QED) is 0.463. The number of hydrogen-bond acceptors (Lipinski definition) is 7. The zero-order valence-corrected chi connectivity index (χ0v) is 21.1. The lowest BCUT2D eigenvalue weighted by Gasteiger charge is -2.34. The topological polar surface area (TPSA) is 91.3 Å². The van der Waals surface area contributed by atoms with E-state index in [2.05, 4.69) is 20.2 Å². The van der Waals surface area contributed by atoms with Crippen LogP contribution in [0.25, 0.3) is 0 Å². The van der Waals surface area contributed by atoms with Crippen molar-refractivity contribution in [2.24, 2.45) is 0 Å². The molecule has 2 aromatic heterocycles. The molecule has 0 radical (unpaired) electrons. The van der Waals surface area contributed by atoms with Gasteiger partial charge in [0.1, 0.15) is 11.6 Å². The number of carbonyl (C=O) groups is 2. The summed E-state index contributed by atoms with van der Waals surface area (Å²) in [6.07, 6.45) is 2.53.